The van der Waals surface area contributed by atoms with E-state index >= 15 is 0 Å². The second-order valence-corrected chi connectivity index (χ2v) is 4.66. The Hall–Kier alpha value is -2.15. The molecule has 0 saturated heterocycles. The quantitative estimate of drug-likeness (QED) is 0.837. The molecule has 0 bridgehead atoms. The van der Waals surface area contributed by atoms with Gasteiger partial charge >= 0.3 is 0 Å². The van der Waals surface area contributed by atoms with E-state index in [0.717, 1.165) is 30.2 Å². The van der Waals surface area contributed by atoms with Crippen molar-refractivity contribution in [2.24, 2.45) is 0 Å². The van der Waals surface area contributed by atoms with E-state index in [1.807, 2.05) is 25.1 Å². The first kappa shape index (κ1) is 15.2. The van der Waals surface area contributed by atoms with Crippen molar-refractivity contribution in [3.63, 3.8) is 0 Å². The van der Waals surface area contributed by atoms with E-state index in [9.17, 15) is 0 Å². The molecule has 1 aromatic heterocycles. The van der Waals surface area contributed by atoms with Gasteiger partial charge in [-0.1, -0.05) is 6.92 Å². The summed E-state index contributed by atoms with van der Waals surface area (Å²) in [6.45, 7) is 5.06. The van der Waals surface area contributed by atoms with Crippen molar-refractivity contribution in [2.75, 3.05) is 20.8 Å². The standard InChI is InChI=1S/C14H21N5O2/c1-5-8-15-10(2)14-16-17-18-19(14)12-9-11(20-3)6-7-13(12)21-4/h6-7,9-10,15H,5,8H2,1-4H3. The van der Waals surface area contributed by atoms with Crippen LogP contribution in [0.25, 0.3) is 5.69 Å². The van der Waals surface area contributed by atoms with E-state index in [4.69, 9.17) is 9.47 Å². The first-order valence-corrected chi connectivity index (χ1v) is 6.95. The number of hydrogen-bond donors (Lipinski definition) is 1. The highest BCUT2D eigenvalue weighted by Gasteiger charge is 2.18. The number of nitrogens with one attached hydrogen (secondary N) is 1. The number of tetrazole rings is 1. The average molecular weight is 291 g/mol. The van der Waals surface area contributed by atoms with Gasteiger partial charge in [-0.2, -0.15) is 4.68 Å². The smallest absolute Gasteiger partial charge is 0.173 e. The molecule has 0 amide bonds. The highest BCUT2D eigenvalue weighted by Crippen LogP contribution is 2.28. The number of aromatic nitrogens is 4. The molecule has 0 saturated carbocycles. The molecule has 0 fully saturated rings. The average Bonchev–Trinajstić information content (AvgIpc) is 3.01. The number of rotatable bonds is 7. The van der Waals surface area contributed by atoms with Crippen LogP contribution in [0, 0.1) is 0 Å². The first-order valence-electron chi connectivity index (χ1n) is 6.95. The second kappa shape index (κ2) is 7.03. The van der Waals surface area contributed by atoms with Gasteiger partial charge in [0.05, 0.1) is 20.3 Å². The van der Waals surface area contributed by atoms with Crippen LogP contribution in [0.1, 0.15) is 32.1 Å². The van der Waals surface area contributed by atoms with E-state index in [2.05, 4.69) is 27.8 Å². The van der Waals surface area contributed by atoms with Crippen molar-refractivity contribution >= 4 is 0 Å². The Morgan fingerprint density at radius 2 is 2.10 bits per heavy atom. The number of hydrogen-bond acceptors (Lipinski definition) is 6. The largest absolute Gasteiger partial charge is 0.497 e. The summed E-state index contributed by atoms with van der Waals surface area (Å²) in [5.74, 6) is 2.14. The van der Waals surface area contributed by atoms with Crippen LogP contribution in [0.4, 0.5) is 0 Å². The topological polar surface area (TPSA) is 74.1 Å². The van der Waals surface area contributed by atoms with Gasteiger partial charge in [0, 0.05) is 6.07 Å². The lowest BCUT2D eigenvalue weighted by molar-refractivity contribution is 0.399. The van der Waals surface area contributed by atoms with Crippen LogP contribution in [-0.2, 0) is 0 Å². The van der Waals surface area contributed by atoms with Crippen molar-refractivity contribution in [1.29, 1.82) is 0 Å². The molecule has 1 heterocycles. The lowest BCUT2D eigenvalue weighted by atomic mass is 10.2. The van der Waals surface area contributed by atoms with Crippen LogP contribution in [0.2, 0.25) is 0 Å². The van der Waals surface area contributed by atoms with E-state index in [1.54, 1.807) is 18.9 Å². The van der Waals surface area contributed by atoms with Gasteiger partial charge in [0.15, 0.2) is 5.82 Å². The van der Waals surface area contributed by atoms with Gasteiger partial charge in [-0.05, 0) is 42.4 Å². The molecule has 2 rings (SSSR count). The summed E-state index contributed by atoms with van der Waals surface area (Å²) >= 11 is 0. The van der Waals surface area contributed by atoms with Gasteiger partial charge in [0.2, 0.25) is 0 Å². The van der Waals surface area contributed by atoms with Crippen LogP contribution in [0.15, 0.2) is 18.2 Å². The van der Waals surface area contributed by atoms with E-state index < -0.39 is 0 Å². The Balaban J connectivity index is 2.40. The van der Waals surface area contributed by atoms with Crippen LogP contribution in [-0.4, -0.2) is 41.0 Å². The molecule has 0 aliphatic rings. The minimum atomic E-state index is 0.0378. The third kappa shape index (κ3) is 3.30. The summed E-state index contributed by atoms with van der Waals surface area (Å²) in [4.78, 5) is 0. The minimum absolute atomic E-state index is 0.0378. The number of methoxy groups -OCH3 is 2. The summed E-state index contributed by atoms with van der Waals surface area (Å²) in [6.07, 6.45) is 1.05. The normalized spacial score (nSPS) is 12.2. The molecule has 1 N–H and O–H groups in total. The first-order chi connectivity index (χ1) is 10.2. The molecule has 1 atom stereocenters. The van der Waals surface area contributed by atoms with Crippen molar-refractivity contribution in [1.82, 2.24) is 25.5 Å². The molecule has 0 radical (unpaired) electrons. The fraction of sp³-hybridized carbons (Fsp3) is 0.500. The summed E-state index contributed by atoms with van der Waals surface area (Å²) in [6, 6.07) is 5.57. The molecule has 0 aliphatic carbocycles. The highest BCUT2D eigenvalue weighted by atomic mass is 16.5. The highest BCUT2D eigenvalue weighted by molar-refractivity contribution is 5.51. The Kier molecular flexibility index (Phi) is 5.10. The van der Waals surface area contributed by atoms with Crippen LogP contribution in [0.3, 0.4) is 0 Å². The lowest BCUT2D eigenvalue weighted by Crippen LogP contribution is -2.23. The van der Waals surface area contributed by atoms with Gasteiger partial charge in [-0.15, -0.1) is 5.10 Å². The fourth-order valence-corrected chi connectivity index (χ4v) is 2.05. The zero-order chi connectivity index (χ0) is 15.2. The maximum atomic E-state index is 5.39. The Morgan fingerprint density at radius 1 is 1.29 bits per heavy atom. The van der Waals surface area contributed by atoms with Crippen molar-refractivity contribution in [3.8, 4) is 17.2 Å². The van der Waals surface area contributed by atoms with Gasteiger partial charge in [0.1, 0.15) is 17.2 Å². The van der Waals surface area contributed by atoms with Gasteiger partial charge < -0.3 is 14.8 Å². The lowest BCUT2D eigenvalue weighted by Gasteiger charge is -2.15. The van der Waals surface area contributed by atoms with E-state index in [-0.39, 0.29) is 6.04 Å². The van der Waals surface area contributed by atoms with Crippen LogP contribution < -0.4 is 14.8 Å². The molecule has 0 aliphatic heterocycles. The van der Waals surface area contributed by atoms with Gasteiger partial charge in [0.25, 0.3) is 0 Å². The molecule has 21 heavy (non-hydrogen) atoms. The summed E-state index contributed by atoms with van der Waals surface area (Å²) in [5, 5.41) is 15.4. The number of nitrogens with zero attached hydrogens (tertiary/aromatic N) is 4. The van der Waals surface area contributed by atoms with Crippen molar-refractivity contribution in [3.05, 3.63) is 24.0 Å². The molecule has 1 aromatic carbocycles. The Morgan fingerprint density at radius 3 is 2.76 bits per heavy atom. The molecule has 7 heteroatoms. The summed E-state index contributed by atoms with van der Waals surface area (Å²) < 4.78 is 12.3. The van der Waals surface area contributed by atoms with Gasteiger partial charge in [-0.3, -0.25) is 0 Å². The van der Waals surface area contributed by atoms with Gasteiger partial charge in [-0.25, -0.2) is 0 Å². The van der Waals surface area contributed by atoms with Crippen LogP contribution >= 0.6 is 0 Å². The predicted molar refractivity (Wildman–Crippen MR) is 79.0 cm³/mol. The third-order valence-electron chi connectivity index (χ3n) is 3.20. The third-order valence-corrected chi connectivity index (χ3v) is 3.20. The number of ether oxygens (including phenoxy) is 2. The Bertz CT molecular complexity index is 584. The Labute approximate surface area is 124 Å². The molecule has 0 spiro atoms. The molecule has 7 nitrogen and oxygen atoms in total. The maximum Gasteiger partial charge on any atom is 0.173 e. The molecular formula is C14H21N5O2. The zero-order valence-electron chi connectivity index (χ0n) is 12.8. The fourth-order valence-electron chi connectivity index (χ4n) is 2.05. The monoisotopic (exact) mass is 291 g/mol. The minimum Gasteiger partial charge on any atom is -0.497 e. The molecule has 2 aromatic rings. The van der Waals surface area contributed by atoms with Crippen LogP contribution in [0.5, 0.6) is 11.5 Å². The van der Waals surface area contributed by atoms with E-state index in [0.29, 0.717) is 5.75 Å². The molecule has 114 valence electrons. The SMILES string of the molecule is CCCNC(C)c1nnnn1-c1cc(OC)ccc1OC. The summed E-state index contributed by atoms with van der Waals surface area (Å²) in [5.41, 5.74) is 0.752. The van der Waals surface area contributed by atoms with E-state index in [1.165, 1.54) is 0 Å². The second-order valence-electron chi connectivity index (χ2n) is 4.66. The molecule has 1 unspecified atom stereocenters. The molecular weight excluding hydrogens is 270 g/mol. The van der Waals surface area contributed by atoms with Crippen molar-refractivity contribution in [2.45, 2.75) is 26.3 Å². The van der Waals surface area contributed by atoms with Crippen molar-refractivity contribution < 1.29 is 9.47 Å². The number of benzene rings is 1. The zero-order valence-corrected chi connectivity index (χ0v) is 12.8. The predicted octanol–water partition coefficient (Wildman–Crippen LogP) is 1.74. The summed E-state index contributed by atoms with van der Waals surface area (Å²) in [7, 11) is 3.24. The maximum absolute atomic E-state index is 5.39.